The Morgan fingerprint density at radius 1 is 1.17 bits per heavy atom. The van der Waals surface area contributed by atoms with Gasteiger partial charge in [0.05, 0.1) is 11.7 Å². The Bertz CT molecular complexity index is 682. The van der Waals surface area contributed by atoms with Crippen molar-refractivity contribution in [3.63, 3.8) is 0 Å². The number of hydrogen-bond donors (Lipinski definition) is 2. The highest BCUT2D eigenvalue weighted by Gasteiger charge is 2.20. The number of carboxylic acids is 1. The summed E-state index contributed by atoms with van der Waals surface area (Å²) in [6, 6.07) is 12.8. The van der Waals surface area contributed by atoms with E-state index in [1.165, 1.54) is 11.8 Å². The van der Waals surface area contributed by atoms with Gasteiger partial charge in [0.15, 0.2) is 0 Å². The Balaban J connectivity index is 0.00000264. The zero-order chi connectivity index (χ0) is 16.1. The lowest BCUT2D eigenvalue weighted by atomic mass is 10.0. The molecule has 3 N–H and O–H groups in total. The normalized spacial score (nSPS) is 11.6. The van der Waals surface area contributed by atoms with Crippen LogP contribution in [0, 0.1) is 0 Å². The molecule has 2 aromatic carbocycles. The third-order valence-corrected chi connectivity index (χ3v) is 4.98. The number of carboxylic acid groups (broad SMARTS) is 1. The van der Waals surface area contributed by atoms with Crippen molar-refractivity contribution in [1.29, 1.82) is 0 Å². The van der Waals surface area contributed by atoms with Gasteiger partial charge in [-0.05, 0) is 35.4 Å². The molecule has 124 valence electrons. The van der Waals surface area contributed by atoms with Crippen molar-refractivity contribution in [1.82, 2.24) is 0 Å². The molecule has 0 bridgehead atoms. The summed E-state index contributed by atoms with van der Waals surface area (Å²) in [5.74, 6) is -0.374. The third kappa shape index (κ3) is 5.50. The fourth-order valence-electron chi connectivity index (χ4n) is 2.07. The molecule has 0 radical (unpaired) electrons. The number of benzene rings is 2. The van der Waals surface area contributed by atoms with Crippen LogP contribution in [0.4, 0.5) is 5.69 Å². The van der Waals surface area contributed by atoms with Crippen molar-refractivity contribution in [2.75, 3.05) is 11.5 Å². The zero-order valence-corrected chi connectivity index (χ0v) is 15.2. The lowest BCUT2D eigenvalue weighted by Gasteiger charge is -2.20. The van der Waals surface area contributed by atoms with E-state index < -0.39 is 5.97 Å². The Hall–Kier alpha value is -1.07. The molecule has 7 heteroatoms. The van der Waals surface area contributed by atoms with Gasteiger partial charge in [-0.2, -0.15) is 0 Å². The van der Waals surface area contributed by atoms with Crippen LogP contribution < -0.4 is 5.73 Å². The number of nitrogens with two attached hydrogens (primary N) is 1. The predicted octanol–water partition coefficient (Wildman–Crippen LogP) is 5.29. The standard InChI is InChI=1S/C16H15Cl2NO2S.ClH/c17-10-5-6-14(19)12(9-10)16(22-8-7-15(20)21)11-3-1-2-4-13(11)18;/h1-6,9,16H,7-8,19H2,(H,20,21);1H. The molecule has 2 aromatic rings. The molecule has 0 aliphatic heterocycles. The van der Waals surface area contributed by atoms with Crippen LogP contribution in [-0.4, -0.2) is 16.8 Å². The van der Waals surface area contributed by atoms with E-state index in [4.69, 9.17) is 34.0 Å². The highest BCUT2D eigenvalue weighted by Crippen LogP contribution is 2.42. The molecule has 0 aromatic heterocycles. The smallest absolute Gasteiger partial charge is 0.304 e. The molecule has 0 saturated heterocycles. The van der Waals surface area contributed by atoms with E-state index in [0.29, 0.717) is 21.5 Å². The number of aliphatic carboxylic acids is 1. The summed E-state index contributed by atoms with van der Waals surface area (Å²) in [5.41, 5.74) is 8.43. The molecule has 0 heterocycles. The van der Waals surface area contributed by atoms with E-state index in [0.717, 1.165) is 11.1 Å². The van der Waals surface area contributed by atoms with Gasteiger partial charge in [0.25, 0.3) is 0 Å². The molecule has 0 spiro atoms. The predicted molar refractivity (Wildman–Crippen MR) is 101 cm³/mol. The Morgan fingerprint density at radius 2 is 1.87 bits per heavy atom. The van der Waals surface area contributed by atoms with Gasteiger partial charge in [-0.1, -0.05) is 41.4 Å². The van der Waals surface area contributed by atoms with Gasteiger partial charge in [-0.25, -0.2) is 0 Å². The molecule has 1 unspecified atom stereocenters. The Morgan fingerprint density at radius 3 is 2.52 bits per heavy atom. The Labute approximate surface area is 155 Å². The average Bonchev–Trinajstić information content (AvgIpc) is 2.47. The molecule has 0 aliphatic carbocycles. The van der Waals surface area contributed by atoms with Crippen LogP contribution in [0.15, 0.2) is 42.5 Å². The first-order valence-corrected chi connectivity index (χ1v) is 8.42. The maximum absolute atomic E-state index is 10.8. The van der Waals surface area contributed by atoms with Crippen LogP contribution >= 0.6 is 47.4 Å². The monoisotopic (exact) mass is 391 g/mol. The minimum Gasteiger partial charge on any atom is -0.481 e. The summed E-state index contributed by atoms with van der Waals surface area (Å²) >= 11 is 13.9. The number of rotatable bonds is 6. The molecule has 2 rings (SSSR count). The maximum Gasteiger partial charge on any atom is 0.304 e. The summed E-state index contributed by atoms with van der Waals surface area (Å²) in [5, 5.41) is 9.88. The lowest BCUT2D eigenvalue weighted by Crippen LogP contribution is -2.05. The van der Waals surface area contributed by atoms with Gasteiger partial charge in [-0.3, -0.25) is 4.79 Å². The fourth-order valence-corrected chi connectivity index (χ4v) is 3.86. The van der Waals surface area contributed by atoms with Gasteiger partial charge in [-0.15, -0.1) is 24.2 Å². The molecule has 0 fully saturated rings. The van der Waals surface area contributed by atoms with Crippen LogP contribution in [0.25, 0.3) is 0 Å². The van der Waals surface area contributed by atoms with Crippen LogP contribution in [0.1, 0.15) is 22.8 Å². The summed E-state index contributed by atoms with van der Waals surface area (Å²) in [4.78, 5) is 10.8. The largest absolute Gasteiger partial charge is 0.481 e. The molecular formula is C16H16Cl3NO2S. The number of nitrogen functional groups attached to an aromatic ring is 1. The third-order valence-electron chi connectivity index (χ3n) is 3.12. The van der Waals surface area contributed by atoms with Crippen molar-refractivity contribution < 1.29 is 9.90 Å². The van der Waals surface area contributed by atoms with E-state index in [9.17, 15) is 4.79 Å². The van der Waals surface area contributed by atoms with Gasteiger partial charge in [0.2, 0.25) is 0 Å². The van der Waals surface area contributed by atoms with E-state index >= 15 is 0 Å². The molecule has 0 aliphatic rings. The van der Waals surface area contributed by atoms with Crippen molar-refractivity contribution in [3.8, 4) is 0 Å². The topological polar surface area (TPSA) is 63.3 Å². The first-order valence-electron chi connectivity index (χ1n) is 6.62. The minimum absolute atomic E-state index is 0. The average molecular weight is 393 g/mol. The summed E-state index contributed by atoms with van der Waals surface area (Å²) < 4.78 is 0. The Kier molecular flexibility index (Phi) is 8.06. The second-order valence-electron chi connectivity index (χ2n) is 4.69. The maximum atomic E-state index is 10.8. The quantitative estimate of drug-likeness (QED) is 0.655. The minimum atomic E-state index is -0.829. The second-order valence-corrected chi connectivity index (χ2v) is 6.75. The second kappa shape index (κ2) is 9.28. The van der Waals surface area contributed by atoms with Crippen LogP contribution in [-0.2, 0) is 4.79 Å². The van der Waals surface area contributed by atoms with Gasteiger partial charge in [0, 0.05) is 21.5 Å². The molecule has 3 nitrogen and oxygen atoms in total. The SMILES string of the molecule is Cl.Nc1ccc(Cl)cc1C(SCCC(=O)O)c1ccccc1Cl. The number of thioether (sulfide) groups is 1. The summed E-state index contributed by atoms with van der Waals surface area (Å²) in [6.07, 6.45) is 0.0755. The molecule has 23 heavy (non-hydrogen) atoms. The fraction of sp³-hybridized carbons (Fsp3) is 0.188. The van der Waals surface area contributed by atoms with Crippen LogP contribution in [0.5, 0.6) is 0 Å². The first-order chi connectivity index (χ1) is 10.5. The van der Waals surface area contributed by atoms with Crippen molar-refractivity contribution >= 4 is 59.0 Å². The highest BCUT2D eigenvalue weighted by molar-refractivity contribution is 7.99. The molecule has 1 atom stereocenters. The molecule has 0 saturated carbocycles. The number of hydrogen-bond acceptors (Lipinski definition) is 3. The van der Waals surface area contributed by atoms with E-state index in [1.54, 1.807) is 18.2 Å². The molecule has 0 amide bonds. The van der Waals surface area contributed by atoms with Gasteiger partial charge < -0.3 is 10.8 Å². The van der Waals surface area contributed by atoms with E-state index in [2.05, 4.69) is 0 Å². The van der Waals surface area contributed by atoms with Gasteiger partial charge >= 0.3 is 5.97 Å². The van der Waals surface area contributed by atoms with E-state index in [-0.39, 0.29) is 24.1 Å². The lowest BCUT2D eigenvalue weighted by molar-refractivity contribution is -0.136. The summed E-state index contributed by atoms with van der Waals surface area (Å²) in [7, 11) is 0. The van der Waals surface area contributed by atoms with Crippen molar-refractivity contribution in [2.45, 2.75) is 11.7 Å². The summed E-state index contributed by atoms with van der Waals surface area (Å²) in [6.45, 7) is 0. The van der Waals surface area contributed by atoms with Gasteiger partial charge in [0.1, 0.15) is 0 Å². The van der Waals surface area contributed by atoms with Crippen LogP contribution in [0.2, 0.25) is 10.0 Å². The number of halogens is 3. The number of anilines is 1. The first kappa shape index (κ1) is 20.0. The zero-order valence-electron chi connectivity index (χ0n) is 12.0. The van der Waals surface area contributed by atoms with E-state index in [1.807, 2.05) is 24.3 Å². The van der Waals surface area contributed by atoms with Crippen LogP contribution in [0.3, 0.4) is 0 Å². The van der Waals surface area contributed by atoms with Crippen molar-refractivity contribution in [3.05, 3.63) is 63.6 Å². The number of carbonyl (C=O) groups is 1. The molecular weight excluding hydrogens is 377 g/mol. The highest BCUT2D eigenvalue weighted by atomic mass is 35.5. The van der Waals surface area contributed by atoms with Crippen molar-refractivity contribution in [2.24, 2.45) is 0 Å².